The number of sulfonamides is 1. The quantitative estimate of drug-likeness (QED) is 0.875. The predicted molar refractivity (Wildman–Crippen MR) is 80.1 cm³/mol. The van der Waals surface area contributed by atoms with Gasteiger partial charge in [0.05, 0.1) is 4.90 Å². The van der Waals surface area contributed by atoms with E-state index in [-0.39, 0.29) is 16.4 Å². The number of nitrogens with zero attached hydrogens (tertiary/aromatic N) is 1. The molecule has 1 fully saturated rings. The van der Waals surface area contributed by atoms with E-state index in [1.165, 1.54) is 12.3 Å². The lowest BCUT2D eigenvalue weighted by atomic mass is 9.92. The van der Waals surface area contributed by atoms with Gasteiger partial charge in [0, 0.05) is 24.8 Å². The van der Waals surface area contributed by atoms with Crippen molar-refractivity contribution in [2.75, 3.05) is 11.9 Å². The van der Waals surface area contributed by atoms with Gasteiger partial charge in [0.15, 0.2) is 0 Å². The maximum Gasteiger partial charge on any atom is 0.241 e. The summed E-state index contributed by atoms with van der Waals surface area (Å²) >= 11 is 0. The van der Waals surface area contributed by atoms with Crippen LogP contribution in [0.1, 0.15) is 40.0 Å². The van der Waals surface area contributed by atoms with Crippen LogP contribution in [0.15, 0.2) is 23.2 Å². The molecule has 0 spiro atoms. The number of aromatic nitrogens is 1. The molecule has 20 heavy (non-hydrogen) atoms. The molecule has 112 valence electrons. The van der Waals surface area contributed by atoms with E-state index in [2.05, 4.69) is 28.9 Å². The van der Waals surface area contributed by atoms with Crippen molar-refractivity contribution < 1.29 is 8.42 Å². The van der Waals surface area contributed by atoms with Crippen molar-refractivity contribution in [1.29, 1.82) is 0 Å². The first-order valence-corrected chi connectivity index (χ1v) is 8.53. The third kappa shape index (κ3) is 3.70. The number of nitrogens with one attached hydrogen (secondary N) is 2. The van der Waals surface area contributed by atoms with Gasteiger partial charge >= 0.3 is 0 Å². The summed E-state index contributed by atoms with van der Waals surface area (Å²) < 4.78 is 27.6. The summed E-state index contributed by atoms with van der Waals surface area (Å²) in [5.74, 6) is 0.585. The second-order valence-electron chi connectivity index (χ2n) is 6.13. The number of hydrogen-bond donors (Lipinski definition) is 2. The number of rotatable bonds is 5. The van der Waals surface area contributed by atoms with Crippen LogP contribution in [0.2, 0.25) is 0 Å². The fraction of sp³-hybridized carbons (Fsp3) is 0.643. The normalized spacial score (nSPS) is 21.9. The molecule has 1 aromatic rings. The van der Waals surface area contributed by atoms with Crippen LogP contribution in [-0.2, 0) is 10.0 Å². The van der Waals surface area contributed by atoms with E-state index in [0.717, 1.165) is 19.3 Å². The molecule has 1 unspecified atom stereocenters. The molecule has 2 rings (SSSR count). The van der Waals surface area contributed by atoms with Gasteiger partial charge in [0.2, 0.25) is 10.0 Å². The average Bonchev–Trinajstić information content (AvgIpc) is 2.69. The minimum absolute atomic E-state index is 0.0331. The van der Waals surface area contributed by atoms with Gasteiger partial charge < -0.3 is 5.32 Å². The van der Waals surface area contributed by atoms with E-state index in [1.807, 2.05) is 6.92 Å². The Hall–Kier alpha value is -1.14. The maximum absolute atomic E-state index is 12.4. The van der Waals surface area contributed by atoms with Crippen LogP contribution in [0.5, 0.6) is 0 Å². The highest BCUT2D eigenvalue weighted by molar-refractivity contribution is 7.89. The molecular weight excluding hydrogens is 274 g/mol. The minimum atomic E-state index is -3.46. The van der Waals surface area contributed by atoms with Crippen molar-refractivity contribution in [3.8, 4) is 0 Å². The van der Waals surface area contributed by atoms with Crippen molar-refractivity contribution in [2.45, 2.75) is 51.0 Å². The van der Waals surface area contributed by atoms with Gasteiger partial charge in [-0.3, -0.25) is 0 Å². The van der Waals surface area contributed by atoms with Crippen LogP contribution in [-0.4, -0.2) is 26.0 Å². The molecule has 1 aliphatic carbocycles. The van der Waals surface area contributed by atoms with Crippen molar-refractivity contribution in [3.63, 3.8) is 0 Å². The molecule has 0 aromatic carbocycles. The number of anilines is 1. The Morgan fingerprint density at radius 1 is 1.45 bits per heavy atom. The summed E-state index contributed by atoms with van der Waals surface area (Å²) in [5, 5.41) is 3.02. The molecule has 5 nitrogen and oxygen atoms in total. The Balaban J connectivity index is 2.12. The lowest BCUT2D eigenvalue weighted by Crippen LogP contribution is -2.33. The molecule has 0 amide bonds. The van der Waals surface area contributed by atoms with Crippen LogP contribution in [0.25, 0.3) is 0 Å². The first-order chi connectivity index (χ1) is 9.32. The predicted octanol–water partition coefficient (Wildman–Crippen LogP) is 2.37. The Morgan fingerprint density at radius 3 is 2.80 bits per heavy atom. The summed E-state index contributed by atoms with van der Waals surface area (Å²) in [7, 11) is -3.46. The summed E-state index contributed by atoms with van der Waals surface area (Å²) in [6, 6.07) is 3.14. The zero-order chi connectivity index (χ0) is 14.8. The van der Waals surface area contributed by atoms with E-state index in [0.29, 0.717) is 12.4 Å². The van der Waals surface area contributed by atoms with Crippen LogP contribution in [0.3, 0.4) is 0 Å². The molecule has 0 saturated heterocycles. The zero-order valence-corrected chi connectivity index (χ0v) is 13.1. The molecule has 1 aliphatic rings. The topological polar surface area (TPSA) is 71.1 Å². The number of pyridine rings is 1. The standard InChI is InChI=1S/C14H23N3O2S/c1-4-15-13-9-12(6-8-16-13)20(18,19)17-11-5-7-14(2,3)10-11/h6,8-9,11,17H,4-5,7,10H2,1-3H3,(H,15,16). The average molecular weight is 297 g/mol. The molecule has 1 saturated carbocycles. The first kappa shape index (κ1) is 15.3. The third-order valence-corrected chi connectivity index (χ3v) is 5.21. The van der Waals surface area contributed by atoms with Crippen molar-refractivity contribution in [3.05, 3.63) is 18.3 Å². The molecular formula is C14H23N3O2S. The minimum Gasteiger partial charge on any atom is -0.370 e. The lowest BCUT2D eigenvalue weighted by Gasteiger charge is -2.18. The van der Waals surface area contributed by atoms with E-state index in [1.54, 1.807) is 6.07 Å². The molecule has 2 N–H and O–H groups in total. The number of hydrogen-bond acceptors (Lipinski definition) is 4. The zero-order valence-electron chi connectivity index (χ0n) is 12.3. The van der Waals surface area contributed by atoms with E-state index >= 15 is 0 Å². The maximum atomic E-state index is 12.4. The second-order valence-corrected chi connectivity index (χ2v) is 7.85. The summed E-state index contributed by atoms with van der Waals surface area (Å²) in [6.45, 7) is 7.01. The third-order valence-electron chi connectivity index (χ3n) is 3.69. The first-order valence-electron chi connectivity index (χ1n) is 7.05. The summed E-state index contributed by atoms with van der Waals surface area (Å²) in [6.07, 6.45) is 4.36. The molecule has 1 atom stereocenters. The smallest absolute Gasteiger partial charge is 0.241 e. The van der Waals surface area contributed by atoms with Gasteiger partial charge in [-0.2, -0.15) is 0 Å². The van der Waals surface area contributed by atoms with Crippen molar-refractivity contribution in [2.24, 2.45) is 5.41 Å². The van der Waals surface area contributed by atoms with Crippen LogP contribution in [0.4, 0.5) is 5.82 Å². The van der Waals surface area contributed by atoms with Gasteiger partial charge in [-0.05, 0) is 37.7 Å². The Morgan fingerprint density at radius 2 is 2.20 bits per heavy atom. The highest BCUT2D eigenvalue weighted by Gasteiger charge is 2.33. The van der Waals surface area contributed by atoms with E-state index < -0.39 is 10.0 Å². The largest absolute Gasteiger partial charge is 0.370 e. The monoisotopic (exact) mass is 297 g/mol. The van der Waals surface area contributed by atoms with Gasteiger partial charge in [0.1, 0.15) is 5.82 Å². The van der Waals surface area contributed by atoms with E-state index in [4.69, 9.17) is 0 Å². The van der Waals surface area contributed by atoms with Crippen LogP contribution >= 0.6 is 0 Å². The second kappa shape index (κ2) is 5.69. The van der Waals surface area contributed by atoms with E-state index in [9.17, 15) is 8.42 Å². The molecule has 6 heteroatoms. The molecule has 1 aromatic heterocycles. The fourth-order valence-corrected chi connectivity index (χ4v) is 3.96. The molecule has 0 bridgehead atoms. The van der Waals surface area contributed by atoms with Gasteiger partial charge in [0.25, 0.3) is 0 Å². The van der Waals surface area contributed by atoms with Gasteiger partial charge in [-0.1, -0.05) is 13.8 Å². The SMILES string of the molecule is CCNc1cc(S(=O)(=O)NC2CCC(C)(C)C2)ccn1. The molecule has 0 radical (unpaired) electrons. The van der Waals surface area contributed by atoms with Crippen molar-refractivity contribution in [1.82, 2.24) is 9.71 Å². The fourth-order valence-electron chi connectivity index (χ4n) is 2.68. The lowest BCUT2D eigenvalue weighted by molar-refractivity contribution is 0.372. The van der Waals surface area contributed by atoms with Crippen LogP contribution < -0.4 is 10.0 Å². The molecule has 0 aliphatic heterocycles. The van der Waals surface area contributed by atoms with Crippen LogP contribution in [0, 0.1) is 5.41 Å². The summed E-state index contributed by atoms with van der Waals surface area (Å²) in [5.41, 5.74) is 0.223. The molecule has 1 heterocycles. The van der Waals surface area contributed by atoms with Crippen molar-refractivity contribution >= 4 is 15.8 Å². The summed E-state index contributed by atoms with van der Waals surface area (Å²) in [4.78, 5) is 4.37. The highest BCUT2D eigenvalue weighted by Crippen LogP contribution is 2.37. The Labute approximate surface area is 121 Å². The Kier molecular flexibility index (Phi) is 4.34. The van der Waals surface area contributed by atoms with Gasteiger partial charge in [-0.15, -0.1) is 0 Å². The Bertz CT molecular complexity index is 570. The van der Waals surface area contributed by atoms with Gasteiger partial charge in [-0.25, -0.2) is 18.1 Å². The highest BCUT2D eigenvalue weighted by atomic mass is 32.2.